The lowest BCUT2D eigenvalue weighted by Crippen LogP contribution is -2.54. The number of ether oxygens (including phenoxy) is 2. The molecule has 37 heavy (non-hydrogen) atoms. The van der Waals surface area contributed by atoms with E-state index in [1.54, 1.807) is 27.7 Å². The number of rotatable bonds is 3. The zero-order chi connectivity index (χ0) is 26.5. The summed E-state index contributed by atoms with van der Waals surface area (Å²) in [6.45, 7) is 7.25. The number of pyridine rings is 1. The summed E-state index contributed by atoms with van der Waals surface area (Å²) in [5, 5.41) is 9.50. The Morgan fingerprint density at radius 3 is 2.38 bits per heavy atom. The van der Waals surface area contributed by atoms with Gasteiger partial charge in [-0.05, 0) is 45.0 Å². The molecule has 1 fully saturated rings. The van der Waals surface area contributed by atoms with E-state index in [4.69, 9.17) is 9.47 Å². The second-order valence-corrected chi connectivity index (χ2v) is 10.2. The highest BCUT2D eigenvalue weighted by Crippen LogP contribution is 2.32. The average Bonchev–Trinajstić information content (AvgIpc) is 2.87. The van der Waals surface area contributed by atoms with Gasteiger partial charge in [-0.2, -0.15) is 0 Å². The normalized spacial score (nSPS) is 17.7. The quantitative estimate of drug-likeness (QED) is 0.579. The van der Waals surface area contributed by atoms with Gasteiger partial charge in [-0.15, -0.1) is 0 Å². The first kappa shape index (κ1) is 24.6. The number of aromatic carboxylic acids is 1. The minimum Gasteiger partial charge on any atom is -0.485 e. The molecular weight excluding hydrogens is 481 g/mol. The van der Waals surface area contributed by atoms with Crippen molar-refractivity contribution < 1.29 is 28.6 Å². The van der Waals surface area contributed by atoms with Crippen LogP contribution in [0.1, 0.15) is 31.1 Å². The largest absolute Gasteiger partial charge is 0.485 e. The predicted molar refractivity (Wildman–Crippen MR) is 135 cm³/mol. The third kappa shape index (κ3) is 4.47. The van der Waals surface area contributed by atoms with Gasteiger partial charge in [-0.25, -0.2) is 9.18 Å². The Bertz CT molecular complexity index is 1450. The molecule has 3 aromatic rings. The van der Waals surface area contributed by atoms with Crippen molar-refractivity contribution in [3.05, 3.63) is 64.2 Å². The van der Waals surface area contributed by atoms with Crippen LogP contribution >= 0.6 is 0 Å². The van der Waals surface area contributed by atoms with Crippen LogP contribution in [0.4, 0.5) is 10.1 Å². The lowest BCUT2D eigenvalue weighted by Gasteiger charge is -2.38. The number of benzene rings is 2. The predicted octanol–water partition coefficient (Wildman–Crippen LogP) is 3.08. The first-order valence-electron chi connectivity index (χ1n) is 12.1. The van der Waals surface area contributed by atoms with E-state index in [0.29, 0.717) is 48.9 Å². The molecule has 5 rings (SSSR count). The van der Waals surface area contributed by atoms with Crippen LogP contribution in [0.2, 0.25) is 0 Å². The molecule has 3 heterocycles. The maximum atomic E-state index is 15.3. The summed E-state index contributed by atoms with van der Waals surface area (Å²) in [6, 6.07) is 9.90. The molecule has 1 amide bonds. The Balaban J connectivity index is 1.38. The third-order valence-electron chi connectivity index (χ3n) is 6.74. The fourth-order valence-electron chi connectivity index (χ4n) is 4.80. The molecule has 1 N–H and O–H groups in total. The number of carbonyl (C=O) groups is 2. The number of aromatic nitrogens is 1. The van der Waals surface area contributed by atoms with Gasteiger partial charge in [-0.3, -0.25) is 9.59 Å². The van der Waals surface area contributed by atoms with E-state index in [-0.39, 0.29) is 17.9 Å². The fraction of sp³-hybridized carbons (Fsp3) is 0.370. The Kier molecular flexibility index (Phi) is 6.05. The first-order chi connectivity index (χ1) is 17.5. The zero-order valence-electron chi connectivity index (χ0n) is 20.9. The van der Waals surface area contributed by atoms with Crippen molar-refractivity contribution >= 4 is 28.5 Å². The summed E-state index contributed by atoms with van der Waals surface area (Å²) in [4.78, 5) is 41.0. The number of carbonyl (C=O) groups excluding carboxylic acids is 1. The minimum atomic E-state index is -1.36. The van der Waals surface area contributed by atoms with Gasteiger partial charge in [0.15, 0.2) is 11.5 Å². The Hall–Kier alpha value is -4.08. The third-order valence-corrected chi connectivity index (χ3v) is 6.74. The van der Waals surface area contributed by atoms with Crippen LogP contribution < -0.4 is 19.8 Å². The van der Waals surface area contributed by atoms with Gasteiger partial charge in [0.25, 0.3) is 5.91 Å². The molecule has 2 aromatic carbocycles. The Morgan fingerprint density at radius 1 is 1.05 bits per heavy atom. The lowest BCUT2D eigenvalue weighted by atomic mass is 10.0. The molecule has 10 heteroatoms. The van der Waals surface area contributed by atoms with E-state index in [1.165, 1.54) is 6.20 Å². The minimum absolute atomic E-state index is 0.0135. The smallest absolute Gasteiger partial charge is 0.341 e. The molecule has 2 aliphatic heterocycles. The molecule has 0 radical (unpaired) electrons. The van der Waals surface area contributed by atoms with E-state index in [2.05, 4.69) is 0 Å². The maximum absolute atomic E-state index is 15.3. The second kappa shape index (κ2) is 9.10. The molecule has 1 atom stereocenters. The molecule has 194 valence electrons. The standard InChI is InChI=1S/C27H28FN3O6/c1-27(2,3)31-14-17(26(34)35)24(32)16-12-18(28)20(13-19(16)31)29-8-10-30(11-9-29)25(33)23-15-36-21-6-4-5-7-22(21)37-23/h4-7,12-14,23H,8-11,15H2,1-3H3,(H,34,35). The van der Waals surface area contributed by atoms with Crippen LogP contribution in [0.3, 0.4) is 0 Å². The summed E-state index contributed by atoms with van der Waals surface area (Å²) in [6.07, 6.45) is 0.568. The molecule has 1 saturated heterocycles. The fourth-order valence-corrected chi connectivity index (χ4v) is 4.80. The van der Waals surface area contributed by atoms with Gasteiger partial charge in [0, 0.05) is 43.3 Å². The lowest BCUT2D eigenvalue weighted by molar-refractivity contribution is -0.141. The van der Waals surface area contributed by atoms with Crippen molar-refractivity contribution in [1.82, 2.24) is 9.47 Å². The van der Waals surface area contributed by atoms with Gasteiger partial charge >= 0.3 is 5.97 Å². The van der Waals surface area contributed by atoms with Crippen molar-refractivity contribution in [3.8, 4) is 11.5 Å². The summed E-state index contributed by atoms with van der Waals surface area (Å²) in [5.41, 5.74) is -0.940. The summed E-state index contributed by atoms with van der Waals surface area (Å²) in [7, 11) is 0. The number of para-hydroxylation sites is 2. The van der Waals surface area contributed by atoms with E-state index < -0.39 is 34.4 Å². The molecule has 9 nitrogen and oxygen atoms in total. The van der Waals surface area contributed by atoms with Crippen LogP contribution in [0.15, 0.2) is 47.4 Å². The number of carboxylic acid groups (broad SMARTS) is 1. The average molecular weight is 510 g/mol. The molecular formula is C27H28FN3O6. The summed E-state index contributed by atoms with van der Waals surface area (Å²) >= 11 is 0. The van der Waals surface area contributed by atoms with Gasteiger partial charge in [0.2, 0.25) is 11.5 Å². The van der Waals surface area contributed by atoms with Gasteiger partial charge in [0.05, 0.1) is 11.2 Å². The monoisotopic (exact) mass is 509 g/mol. The molecule has 0 saturated carbocycles. The zero-order valence-corrected chi connectivity index (χ0v) is 20.9. The number of hydrogen-bond donors (Lipinski definition) is 1. The highest BCUT2D eigenvalue weighted by molar-refractivity contribution is 5.93. The number of piperazine rings is 1. The molecule has 0 bridgehead atoms. The van der Waals surface area contributed by atoms with E-state index >= 15 is 4.39 Å². The van der Waals surface area contributed by atoms with Crippen molar-refractivity contribution in [2.24, 2.45) is 0 Å². The molecule has 0 spiro atoms. The molecule has 0 aliphatic carbocycles. The van der Waals surface area contributed by atoms with Crippen molar-refractivity contribution in [3.63, 3.8) is 0 Å². The van der Waals surface area contributed by atoms with Crippen LogP contribution in [-0.4, -0.2) is 65.3 Å². The number of hydrogen-bond acceptors (Lipinski definition) is 6. The van der Waals surface area contributed by atoms with Crippen LogP contribution in [0, 0.1) is 5.82 Å². The number of anilines is 1. The summed E-state index contributed by atoms with van der Waals surface area (Å²) < 4.78 is 28.5. The van der Waals surface area contributed by atoms with Gasteiger partial charge in [-0.1, -0.05) is 12.1 Å². The van der Waals surface area contributed by atoms with Crippen LogP contribution in [0.25, 0.3) is 10.9 Å². The van der Waals surface area contributed by atoms with E-state index in [1.807, 2.05) is 37.8 Å². The first-order valence-corrected chi connectivity index (χ1v) is 12.1. The van der Waals surface area contributed by atoms with E-state index in [0.717, 1.165) is 6.07 Å². The molecule has 1 unspecified atom stereocenters. The van der Waals surface area contributed by atoms with Crippen molar-refractivity contribution in [1.29, 1.82) is 0 Å². The number of carboxylic acids is 1. The van der Waals surface area contributed by atoms with Gasteiger partial charge in [0.1, 0.15) is 18.0 Å². The van der Waals surface area contributed by atoms with Crippen LogP contribution in [-0.2, 0) is 10.3 Å². The highest BCUT2D eigenvalue weighted by atomic mass is 19.1. The maximum Gasteiger partial charge on any atom is 0.341 e. The SMILES string of the molecule is CC(C)(C)n1cc(C(=O)O)c(=O)c2cc(F)c(N3CCN(C(=O)C4COc5ccccc5O4)CC3)cc21. The summed E-state index contributed by atoms with van der Waals surface area (Å²) in [5.74, 6) is -1.03. The van der Waals surface area contributed by atoms with Crippen molar-refractivity contribution in [2.75, 3.05) is 37.7 Å². The number of nitrogens with zero attached hydrogens (tertiary/aromatic N) is 3. The topological polar surface area (TPSA) is 101 Å². The number of amides is 1. The van der Waals surface area contributed by atoms with Gasteiger partial charge < -0.3 is 28.9 Å². The van der Waals surface area contributed by atoms with Crippen LogP contribution in [0.5, 0.6) is 11.5 Å². The second-order valence-electron chi connectivity index (χ2n) is 10.2. The molecule has 1 aromatic heterocycles. The number of fused-ring (bicyclic) bond motifs is 2. The van der Waals surface area contributed by atoms with Crippen molar-refractivity contribution in [2.45, 2.75) is 32.4 Å². The Labute approximate surface area is 212 Å². The number of halogens is 1. The van der Waals surface area contributed by atoms with E-state index in [9.17, 15) is 19.5 Å². The Morgan fingerprint density at radius 2 is 1.73 bits per heavy atom. The highest BCUT2D eigenvalue weighted by Gasteiger charge is 2.33. The molecule has 2 aliphatic rings.